The van der Waals surface area contributed by atoms with Crippen LogP contribution in [0.25, 0.3) is 10.8 Å². The van der Waals surface area contributed by atoms with E-state index in [2.05, 4.69) is 10.6 Å². The molecule has 0 aliphatic carbocycles. The van der Waals surface area contributed by atoms with Gasteiger partial charge in [0.1, 0.15) is 0 Å². The van der Waals surface area contributed by atoms with Crippen LogP contribution in [0.3, 0.4) is 0 Å². The van der Waals surface area contributed by atoms with Crippen molar-refractivity contribution in [1.82, 2.24) is 0 Å². The summed E-state index contributed by atoms with van der Waals surface area (Å²) in [6.07, 6.45) is 0. The fraction of sp³-hybridized carbons (Fsp3) is 0.143. The van der Waals surface area contributed by atoms with Crippen LogP contribution in [-0.2, 0) is 9.59 Å². The van der Waals surface area contributed by atoms with Gasteiger partial charge in [-0.1, -0.05) is 48.0 Å². The normalized spacial score (nSPS) is 10.6. The zero-order valence-corrected chi connectivity index (χ0v) is 16.4. The first kappa shape index (κ1) is 19.3. The molecule has 0 bridgehead atoms. The van der Waals surface area contributed by atoms with Crippen LogP contribution >= 0.6 is 23.4 Å². The molecule has 3 rings (SSSR count). The maximum Gasteiger partial charge on any atom is 0.234 e. The van der Waals surface area contributed by atoms with E-state index in [1.54, 1.807) is 18.2 Å². The van der Waals surface area contributed by atoms with Gasteiger partial charge < -0.3 is 10.6 Å². The first-order chi connectivity index (χ1) is 13.0. The third-order valence-electron chi connectivity index (χ3n) is 3.99. The van der Waals surface area contributed by atoms with Gasteiger partial charge in [0, 0.05) is 21.8 Å². The summed E-state index contributed by atoms with van der Waals surface area (Å²) in [5, 5.41) is 8.45. The molecule has 2 amide bonds. The van der Waals surface area contributed by atoms with Crippen molar-refractivity contribution in [2.24, 2.45) is 0 Å². The molecule has 138 valence electrons. The van der Waals surface area contributed by atoms with Crippen molar-refractivity contribution < 1.29 is 9.59 Å². The van der Waals surface area contributed by atoms with E-state index in [9.17, 15) is 9.59 Å². The second-order valence-electron chi connectivity index (χ2n) is 6.08. The third-order valence-corrected chi connectivity index (χ3v) is 5.16. The van der Waals surface area contributed by atoms with Crippen LogP contribution in [-0.4, -0.2) is 23.3 Å². The number of hydrogen-bond acceptors (Lipinski definition) is 3. The van der Waals surface area contributed by atoms with E-state index in [0.29, 0.717) is 5.02 Å². The van der Waals surface area contributed by atoms with Crippen LogP contribution < -0.4 is 10.6 Å². The van der Waals surface area contributed by atoms with Crippen molar-refractivity contribution in [3.05, 3.63) is 71.2 Å². The third kappa shape index (κ3) is 5.25. The van der Waals surface area contributed by atoms with E-state index < -0.39 is 0 Å². The fourth-order valence-corrected chi connectivity index (χ4v) is 3.55. The van der Waals surface area contributed by atoms with Crippen LogP contribution in [0.4, 0.5) is 11.4 Å². The quantitative estimate of drug-likeness (QED) is 0.606. The molecule has 0 atom stereocenters. The van der Waals surface area contributed by atoms with Gasteiger partial charge in [-0.05, 0) is 42.1 Å². The summed E-state index contributed by atoms with van der Waals surface area (Å²) in [6.45, 7) is 1.88. The van der Waals surface area contributed by atoms with Gasteiger partial charge in [0.15, 0.2) is 0 Å². The van der Waals surface area contributed by atoms with E-state index in [1.807, 2.05) is 49.4 Å². The van der Waals surface area contributed by atoms with E-state index in [1.165, 1.54) is 11.8 Å². The molecule has 0 spiro atoms. The second-order valence-corrected chi connectivity index (χ2v) is 7.50. The molecule has 3 aromatic rings. The van der Waals surface area contributed by atoms with Crippen molar-refractivity contribution in [2.75, 3.05) is 22.1 Å². The lowest BCUT2D eigenvalue weighted by molar-refractivity contribution is -0.114. The summed E-state index contributed by atoms with van der Waals surface area (Å²) in [7, 11) is 0. The molecule has 0 heterocycles. The molecule has 0 aliphatic heterocycles. The molecule has 0 aromatic heterocycles. The number of carbonyl (C=O) groups is 2. The molecule has 0 radical (unpaired) electrons. The van der Waals surface area contributed by atoms with Crippen LogP contribution in [0.5, 0.6) is 0 Å². The number of anilines is 2. The van der Waals surface area contributed by atoms with E-state index in [4.69, 9.17) is 11.6 Å². The Morgan fingerprint density at radius 2 is 1.56 bits per heavy atom. The largest absolute Gasteiger partial charge is 0.325 e. The molecule has 27 heavy (non-hydrogen) atoms. The molecular formula is C21H19ClN2O2S. The summed E-state index contributed by atoms with van der Waals surface area (Å²) in [6, 6.07) is 19.0. The Labute approximate surface area is 167 Å². The predicted molar refractivity (Wildman–Crippen MR) is 115 cm³/mol. The SMILES string of the molecule is Cc1cc(Cl)ccc1NC(=O)CSCC(=O)Nc1cccc2ccccc12. The van der Waals surface area contributed by atoms with Crippen LogP contribution in [0.2, 0.25) is 5.02 Å². The van der Waals surface area contributed by atoms with Gasteiger partial charge >= 0.3 is 0 Å². The highest BCUT2D eigenvalue weighted by atomic mass is 35.5. The average Bonchev–Trinajstić information content (AvgIpc) is 2.64. The number of carbonyl (C=O) groups excluding carboxylic acids is 2. The molecule has 0 unspecified atom stereocenters. The van der Waals surface area contributed by atoms with Crippen molar-refractivity contribution in [1.29, 1.82) is 0 Å². The zero-order chi connectivity index (χ0) is 19.2. The minimum Gasteiger partial charge on any atom is -0.325 e. The minimum atomic E-state index is -0.150. The van der Waals surface area contributed by atoms with Crippen molar-refractivity contribution in [3.8, 4) is 0 Å². The topological polar surface area (TPSA) is 58.2 Å². The molecule has 0 fully saturated rings. The summed E-state index contributed by atoms with van der Waals surface area (Å²) < 4.78 is 0. The number of hydrogen-bond donors (Lipinski definition) is 2. The Morgan fingerprint density at radius 3 is 2.30 bits per heavy atom. The number of nitrogens with one attached hydrogen (secondary N) is 2. The zero-order valence-electron chi connectivity index (χ0n) is 14.8. The van der Waals surface area contributed by atoms with Crippen LogP contribution in [0, 0.1) is 6.92 Å². The average molecular weight is 399 g/mol. The number of rotatable bonds is 6. The van der Waals surface area contributed by atoms with Crippen molar-refractivity contribution in [2.45, 2.75) is 6.92 Å². The minimum absolute atomic E-state index is 0.133. The van der Waals surface area contributed by atoms with Crippen LogP contribution in [0.1, 0.15) is 5.56 Å². The van der Waals surface area contributed by atoms with E-state index >= 15 is 0 Å². The van der Waals surface area contributed by atoms with Gasteiger partial charge in [0.05, 0.1) is 11.5 Å². The number of thioether (sulfide) groups is 1. The maximum atomic E-state index is 12.2. The van der Waals surface area contributed by atoms with E-state index in [0.717, 1.165) is 27.7 Å². The number of amides is 2. The molecule has 4 nitrogen and oxygen atoms in total. The first-order valence-electron chi connectivity index (χ1n) is 8.44. The molecule has 0 saturated heterocycles. The van der Waals surface area contributed by atoms with Gasteiger partial charge in [-0.15, -0.1) is 11.8 Å². The second kappa shape index (κ2) is 8.93. The molecule has 0 aliphatic rings. The highest BCUT2D eigenvalue weighted by molar-refractivity contribution is 8.00. The molecular weight excluding hydrogens is 380 g/mol. The summed E-state index contributed by atoms with van der Waals surface area (Å²) in [5.74, 6) is 0.122. The molecule has 3 aromatic carbocycles. The van der Waals surface area contributed by atoms with Gasteiger partial charge in [-0.3, -0.25) is 9.59 Å². The van der Waals surface area contributed by atoms with Gasteiger partial charge in [-0.25, -0.2) is 0 Å². The van der Waals surface area contributed by atoms with Gasteiger partial charge in [0.25, 0.3) is 0 Å². The standard InChI is InChI=1S/C21H19ClN2O2S/c1-14-11-16(22)9-10-18(14)23-20(25)12-27-13-21(26)24-19-8-4-6-15-5-2-3-7-17(15)19/h2-11H,12-13H2,1H3,(H,23,25)(H,24,26). The highest BCUT2D eigenvalue weighted by Gasteiger charge is 2.09. The Balaban J connectivity index is 1.50. The van der Waals surface area contributed by atoms with E-state index in [-0.39, 0.29) is 23.3 Å². The fourth-order valence-electron chi connectivity index (χ4n) is 2.71. The smallest absolute Gasteiger partial charge is 0.234 e. The number of fused-ring (bicyclic) bond motifs is 1. The van der Waals surface area contributed by atoms with Crippen molar-refractivity contribution >= 4 is 57.3 Å². The Morgan fingerprint density at radius 1 is 0.889 bits per heavy atom. The van der Waals surface area contributed by atoms with Gasteiger partial charge in [-0.2, -0.15) is 0 Å². The monoisotopic (exact) mass is 398 g/mol. The summed E-state index contributed by atoms with van der Waals surface area (Å²) in [5.41, 5.74) is 2.40. The molecule has 2 N–H and O–H groups in total. The lowest BCUT2D eigenvalue weighted by atomic mass is 10.1. The Hall–Kier alpha value is -2.50. The number of halogens is 1. The summed E-state index contributed by atoms with van der Waals surface area (Å²) in [4.78, 5) is 24.3. The maximum absolute atomic E-state index is 12.2. The van der Waals surface area contributed by atoms with Crippen molar-refractivity contribution in [3.63, 3.8) is 0 Å². The Bertz CT molecular complexity index is 986. The molecule has 0 saturated carbocycles. The van der Waals surface area contributed by atoms with Crippen LogP contribution in [0.15, 0.2) is 60.7 Å². The summed E-state index contributed by atoms with van der Waals surface area (Å²) >= 11 is 7.19. The van der Waals surface area contributed by atoms with Gasteiger partial charge in [0.2, 0.25) is 11.8 Å². The highest BCUT2D eigenvalue weighted by Crippen LogP contribution is 2.23. The lowest BCUT2D eigenvalue weighted by Gasteiger charge is -2.10. The first-order valence-corrected chi connectivity index (χ1v) is 9.97. The lowest BCUT2D eigenvalue weighted by Crippen LogP contribution is -2.18. The molecule has 6 heteroatoms. The number of benzene rings is 3. The number of aryl methyl sites for hydroxylation is 1. The predicted octanol–water partition coefficient (Wildman–Crippen LogP) is 5.11. The Kier molecular flexibility index (Phi) is 6.37.